The number of anilines is 1. The third-order valence-corrected chi connectivity index (χ3v) is 8.72. The molecule has 0 N–H and O–H groups in total. The molecule has 1 saturated heterocycles. The highest BCUT2D eigenvalue weighted by atomic mass is 35.5. The van der Waals surface area contributed by atoms with E-state index in [1.165, 1.54) is 26.3 Å². The van der Waals surface area contributed by atoms with E-state index in [4.69, 9.17) is 16.3 Å². The molecule has 7 nitrogen and oxygen atoms in total. The molecule has 1 heterocycles. The summed E-state index contributed by atoms with van der Waals surface area (Å²) in [6, 6.07) is 11.8. The Morgan fingerprint density at radius 3 is 2.55 bits per heavy atom. The highest BCUT2D eigenvalue weighted by Gasteiger charge is 2.48. The molecule has 1 aliphatic carbocycles. The van der Waals surface area contributed by atoms with Crippen LogP contribution in [-0.2, 0) is 19.6 Å². The molecule has 33 heavy (non-hydrogen) atoms. The van der Waals surface area contributed by atoms with Crippen molar-refractivity contribution in [1.82, 2.24) is 4.90 Å². The number of benzene rings is 2. The number of amides is 1. The van der Waals surface area contributed by atoms with Crippen LogP contribution in [0.2, 0.25) is 5.02 Å². The number of hydrogen-bond acceptors (Lipinski definition) is 5. The van der Waals surface area contributed by atoms with Crippen LogP contribution in [0.25, 0.3) is 0 Å². The molecule has 1 saturated carbocycles. The Labute approximate surface area is 199 Å². The number of esters is 1. The van der Waals surface area contributed by atoms with Crippen molar-refractivity contribution in [2.24, 2.45) is 5.92 Å². The molecule has 3 unspecified atom stereocenters. The highest BCUT2D eigenvalue weighted by Crippen LogP contribution is 2.41. The average molecular weight is 491 g/mol. The molecule has 2 fully saturated rings. The van der Waals surface area contributed by atoms with Crippen LogP contribution in [0.3, 0.4) is 0 Å². The molecule has 4 rings (SSSR count). The van der Waals surface area contributed by atoms with Crippen LogP contribution in [0, 0.1) is 5.92 Å². The van der Waals surface area contributed by atoms with Crippen LogP contribution in [0.15, 0.2) is 53.4 Å². The van der Waals surface area contributed by atoms with Crippen LogP contribution in [-0.4, -0.2) is 51.4 Å². The maximum atomic E-state index is 13.6. The minimum absolute atomic E-state index is 0.00941. The average Bonchev–Trinajstić information content (AvgIpc) is 3.22. The van der Waals surface area contributed by atoms with E-state index in [0.29, 0.717) is 17.1 Å². The Morgan fingerprint density at radius 2 is 1.82 bits per heavy atom. The number of halogens is 1. The largest absolute Gasteiger partial charge is 0.467 e. The molecule has 0 aromatic heterocycles. The summed E-state index contributed by atoms with van der Waals surface area (Å²) in [5.41, 5.74) is 0.644. The van der Waals surface area contributed by atoms with E-state index in [0.717, 1.165) is 30.0 Å². The van der Waals surface area contributed by atoms with Crippen molar-refractivity contribution >= 4 is 39.2 Å². The Morgan fingerprint density at radius 1 is 1.09 bits per heavy atom. The van der Waals surface area contributed by atoms with E-state index in [-0.39, 0.29) is 28.3 Å². The molecule has 0 radical (unpaired) electrons. The minimum atomic E-state index is -3.93. The van der Waals surface area contributed by atoms with Crippen molar-refractivity contribution in [3.8, 4) is 0 Å². The summed E-state index contributed by atoms with van der Waals surface area (Å²) < 4.78 is 32.7. The van der Waals surface area contributed by atoms with Crippen LogP contribution in [0.5, 0.6) is 0 Å². The third kappa shape index (κ3) is 4.46. The van der Waals surface area contributed by atoms with Gasteiger partial charge in [-0.25, -0.2) is 13.2 Å². The molecular weight excluding hydrogens is 464 g/mol. The first kappa shape index (κ1) is 23.6. The maximum absolute atomic E-state index is 13.6. The van der Waals surface area contributed by atoms with E-state index >= 15 is 0 Å². The van der Waals surface area contributed by atoms with Crippen LogP contribution in [0.4, 0.5) is 5.69 Å². The lowest BCUT2D eigenvalue weighted by Crippen LogP contribution is -2.46. The Bertz CT molecular complexity index is 1170. The van der Waals surface area contributed by atoms with E-state index < -0.39 is 22.0 Å². The first-order valence-electron chi connectivity index (χ1n) is 11.0. The molecule has 2 aromatic rings. The fourth-order valence-electron chi connectivity index (χ4n) is 5.01. The maximum Gasteiger partial charge on any atom is 0.328 e. The first-order chi connectivity index (χ1) is 15.7. The minimum Gasteiger partial charge on any atom is -0.467 e. The topological polar surface area (TPSA) is 84.0 Å². The summed E-state index contributed by atoms with van der Waals surface area (Å²) in [7, 11) is -1.17. The number of likely N-dealkylation sites (tertiary alicyclic amines) is 1. The fourth-order valence-corrected chi connectivity index (χ4v) is 6.42. The van der Waals surface area contributed by atoms with Gasteiger partial charge in [-0.2, -0.15) is 0 Å². The summed E-state index contributed by atoms with van der Waals surface area (Å²) >= 11 is 6.02. The fraction of sp³-hybridized carbons (Fsp3) is 0.417. The molecule has 0 spiro atoms. The van der Waals surface area contributed by atoms with Crippen LogP contribution >= 0.6 is 11.6 Å². The number of carbonyl (C=O) groups is 2. The highest BCUT2D eigenvalue weighted by molar-refractivity contribution is 7.92. The summed E-state index contributed by atoms with van der Waals surface area (Å²) in [5.74, 6) is -0.517. The lowest BCUT2D eigenvalue weighted by atomic mass is 9.84. The lowest BCUT2D eigenvalue weighted by molar-refractivity contribution is -0.145. The zero-order chi connectivity index (χ0) is 23.8. The zero-order valence-corrected chi connectivity index (χ0v) is 20.2. The number of fused-ring (bicyclic) bond motifs is 1. The van der Waals surface area contributed by atoms with Gasteiger partial charge in [-0.15, -0.1) is 0 Å². The van der Waals surface area contributed by atoms with E-state index in [9.17, 15) is 18.0 Å². The Kier molecular flexibility index (Phi) is 6.68. The smallest absolute Gasteiger partial charge is 0.328 e. The monoisotopic (exact) mass is 490 g/mol. The molecular formula is C24H27ClN2O5S. The van der Waals surface area contributed by atoms with Gasteiger partial charge in [0.05, 0.1) is 17.7 Å². The van der Waals surface area contributed by atoms with Gasteiger partial charge in [0.25, 0.3) is 15.9 Å². The van der Waals surface area contributed by atoms with E-state index in [1.807, 2.05) is 0 Å². The normalized spacial score (nSPS) is 22.5. The third-order valence-electron chi connectivity index (χ3n) is 6.71. The summed E-state index contributed by atoms with van der Waals surface area (Å²) in [6.07, 6.45) is 4.47. The zero-order valence-electron chi connectivity index (χ0n) is 18.6. The molecule has 1 aliphatic heterocycles. The molecule has 0 bridgehead atoms. The van der Waals surface area contributed by atoms with Crippen molar-refractivity contribution in [2.75, 3.05) is 18.5 Å². The quantitative estimate of drug-likeness (QED) is 0.589. The van der Waals surface area contributed by atoms with Gasteiger partial charge in [0.15, 0.2) is 0 Å². The molecule has 2 aromatic carbocycles. The summed E-state index contributed by atoms with van der Waals surface area (Å²) in [5, 5.41) is 0.420. The van der Waals surface area contributed by atoms with Gasteiger partial charge in [-0.3, -0.25) is 9.10 Å². The standard InChI is InChI=1S/C24H27ClN2O5S/c1-26(19-10-6-9-18(25)15-19)33(30,31)20-11-5-8-17(13-20)23(28)27-21-12-4-3-7-16(21)14-22(27)24(29)32-2/h5-6,8-11,13,15-16,21-22H,3-4,7,12,14H2,1-2H3. The van der Waals surface area contributed by atoms with Crippen molar-refractivity contribution in [2.45, 2.75) is 49.1 Å². The van der Waals surface area contributed by atoms with Crippen LogP contribution < -0.4 is 4.31 Å². The van der Waals surface area contributed by atoms with Gasteiger partial charge in [-0.1, -0.05) is 36.6 Å². The Balaban J connectivity index is 1.66. The van der Waals surface area contributed by atoms with Gasteiger partial charge >= 0.3 is 5.97 Å². The summed E-state index contributed by atoms with van der Waals surface area (Å²) in [4.78, 5) is 27.7. The van der Waals surface area contributed by atoms with Gasteiger partial charge in [0.2, 0.25) is 0 Å². The van der Waals surface area contributed by atoms with Gasteiger partial charge in [0, 0.05) is 23.7 Å². The molecule has 1 amide bonds. The number of methoxy groups -OCH3 is 1. The molecule has 176 valence electrons. The second-order valence-corrected chi connectivity index (χ2v) is 11.0. The number of rotatable bonds is 5. The predicted octanol–water partition coefficient (Wildman–Crippen LogP) is 4.11. The number of hydrogen-bond donors (Lipinski definition) is 0. The van der Waals surface area contributed by atoms with Crippen molar-refractivity contribution in [1.29, 1.82) is 0 Å². The van der Waals surface area contributed by atoms with E-state index in [1.54, 1.807) is 41.3 Å². The lowest BCUT2D eigenvalue weighted by Gasteiger charge is -2.33. The van der Waals surface area contributed by atoms with Gasteiger partial charge in [-0.05, 0) is 61.6 Å². The summed E-state index contributed by atoms with van der Waals surface area (Å²) in [6.45, 7) is 0. The number of ether oxygens (including phenoxy) is 1. The van der Waals surface area contributed by atoms with Crippen molar-refractivity contribution in [3.63, 3.8) is 0 Å². The van der Waals surface area contributed by atoms with Crippen molar-refractivity contribution < 1.29 is 22.7 Å². The predicted molar refractivity (Wildman–Crippen MR) is 126 cm³/mol. The molecule has 3 atom stereocenters. The molecule has 2 aliphatic rings. The van der Waals surface area contributed by atoms with E-state index in [2.05, 4.69) is 0 Å². The van der Waals surface area contributed by atoms with Gasteiger partial charge < -0.3 is 9.64 Å². The van der Waals surface area contributed by atoms with Crippen LogP contribution in [0.1, 0.15) is 42.5 Å². The Hall–Kier alpha value is -2.58. The number of nitrogens with zero attached hydrogens (tertiary/aromatic N) is 2. The second kappa shape index (κ2) is 9.35. The molecule has 9 heteroatoms. The second-order valence-electron chi connectivity index (χ2n) is 8.58. The van der Waals surface area contributed by atoms with Crippen molar-refractivity contribution in [3.05, 3.63) is 59.1 Å². The number of sulfonamides is 1. The SMILES string of the molecule is COC(=O)C1CC2CCCCC2N1C(=O)c1cccc(S(=O)(=O)N(C)c2cccc(Cl)c2)c1. The van der Waals surface area contributed by atoms with Gasteiger partial charge in [0.1, 0.15) is 6.04 Å². The number of carbonyl (C=O) groups excluding carboxylic acids is 2. The first-order valence-corrected chi connectivity index (χ1v) is 12.8.